The monoisotopic (exact) mass is 374 g/mol. The molecule has 2 aliphatic rings. The largest absolute Gasteiger partial charge is 0.447 e. The van der Waals surface area contributed by atoms with E-state index in [1.54, 1.807) is 4.90 Å². The molecule has 0 saturated carbocycles. The van der Waals surface area contributed by atoms with E-state index in [1.165, 1.54) is 0 Å². The molecular weight excluding hydrogens is 348 g/mol. The molecular formula is C20H26N2O5. The quantitative estimate of drug-likeness (QED) is 0.793. The lowest BCUT2D eigenvalue weighted by Gasteiger charge is -2.33. The molecule has 2 heterocycles. The van der Waals surface area contributed by atoms with Crippen molar-refractivity contribution >= 4 is 18.1 Å². The van der Waals surface area contributed by atoms with E-state index in [4.69, 9.17) is 9.47 Å². The Morgan fingerprint density at radius 2 is 1.85 bits per heavy atom. The van der Waals surface area contributed by atoms with Gasteiger partial charge in [0.15, 0.2) is 0 Å². The topological polar surface area (TPSA) is 76.2 Å². The number of carbonyl (C=O) groups excluding carboxylic acids is 3. The maximum absolute atomic E-state index is 13.1. The van der Waals surface area contributed by atoms with Gasteiger partial charge < -0.3 is 9.47 Å². The lowest BCUT2D eigenvalue weighted by atomic mass is 9.92. The molecule has 0 aliphatic carbocycles. The third kappa shape index (κ3) is 3.91. The molecule has 1 aromatic carbocycles. The predicted molar refractivity (Wildman–Crippen MR) is 97.9 cm³/mol. The van der Waals surface area contributed by atoms with Gasteiger partial charge >= 0.3 is 12.2 Å². The van der Waals surface area contributed by atoms with Crippen LogP contribution in [0.25, 0.3) is 0 Å². The van der Waals surface area contributed by atoms with Gasteiger partial charge in [-0.05, 0) is 39.7 Å². The van der Waals surface area contributed by atoms with Gasteiger partial charge in [0.1, 0.15) is 12.2 Å². The first-order chi connectivity index (χ1) is 12.7. The number of benzene rings is 1. The van der Waals surface area contributed by atoms with Crippen LogP contribution in [0.1, 0.15) is 45.7 Å². The van der Waals surface area contributed by atoms with Crippen molar-refractivity contribution in [3.63, 3.8) is 0 Å². The number of hydrogen-bond acceptors (Lipinski definition) is 5. The summed E-state index contributed by atoms with van der Waals surface area (Å²) in [6.07, 6.45) is -0.611. The van der Waals surface area contributed by atoms with Crippen LogP contribution in [-0.2, 0) is 14.3 Å². The summed E-state index contributed by atoms with van der Waals surface area (Å²) in [6, 6.07) is 8.73. The molecule has 146 valence electrons. The van der Waals surface area contributed by atoms with E-state index in [1.807, 2.05) is 58.0 Å². The van der Waals surface area contributed by atoms with Crippen molar-refractivity contribution in [2.24, 2.45) is 5.92 Å². The number of nitrogens with zero attached hydrogens (tertiary/aromatic N) is 2. The Kier molecular flexibility index (Phi) is 5.13. The Labute approximate surface area is 159 Å². The van der Waals surface area contributed by atoms with Gasteiger partial charge in [0.25, 0.3) is 0 Å². The van der Waals surface area contributed by atoms with E-state index in [-0.39, 0.29) is 25.1 Å². The second-order valence-corrected chi connectivity index (χ2v) is 8.04. The fraction of sp³-hybridized carbons (Fsp3) is 0.550. The molecule has 2 fully saturated rings. The van der Waals surface area contributed by atoms with Crippen LogP contribution in [0.15, 0.2) is 30.3 Å². The highest BCUT2D eigenvalue weighted by atomic mass is 16.6. The molecule has 3 rings (SSSR count). The summed E-state index contributed by atoms with van der Waals surface area (Å²) in [4.78, 5) is 40.6. The molecule has 3 atom stereocenters. The van der Waals surface area contributed by atoms with Crippen molar-refractivity contribution in [2.45, 2.75) is 51.8 Å². The highest BCUT2D eigenvalue weighted by molar-refractivity contribution is 5.95. The smallest absolute Gasteiger partial charge is 0.416 e. The number of ether oxygens (including phenoxy) is 2. The molecule has 27 heavy (non-hydrogen) atoms. The third-order valence-corrected chi connectivity index (χ3v) is 4.84. The van der Waals surface area contributed by atoms with Crippen LogP contribution in [0.5, 0.6) is 0 Å². The van der Waals surface area contributed by atoms with E-state index in [0.717, 1.165) is 10.5 Å². The van der Waals surface area contributed by atoms with Crippen molar-refractivity contribution in [1.29, 1.82) is 0 Å². The summed E-state index contributed by atoms with van der Waals surface area (Å²) in [5.74, 6) is -0.829. The average Bonchev–Trinajstić information content (AvgIpc) is 3.16. The van der Waals surface area contributed by atoms with Gasteiger partial charge in [0.05, 0.1) is 18.5 Å². The number of hydrogen-bond donors (Lipinski definition) is 0. The number of imide groups is 1. The van der Waals surface area contributed by atoms with Crippen molar-refractivity contribution in [1.82, 2.24) is 9.80 Å². The van der Waals surface area contributed by atoms with Crippen LogP contribution < -0.4 is 0 Å². The first kappa shape index (κ1) is 19.2. The molecule has 0 aromatic heterocycles. The van der Waals surface area contributed by atoms with E-state index >= 15 is 0 Å². The van der Waals surface area contributed by atoms with Crippen LogP contribution in [0, 0.1) is 5.92 Å². The van der Waals surface area contributed by atoms with Crippen molar-refractivity contribution < 1.29 is 23.9 Å². The van der Waals surface area contributed by atoms with Gasteiger partial charge in [-0.15, -0.1) is 0 Å². The fourth-order valence-electron chi connectivity index (χ4n) is 3.76. The molecule has 7 nitrogen and oxygen atoms in total. The first-order valence-electron chi connectivity index (χ1n) is 9.23. The maximum atomic E-state index is 13.1. The van der Waals surface area contributed by atoms with E-state index < -0.39 is 29.7 Å². The van der Waals surface area contributed by atoms with Gasteiger partial charge in [0.2, 0.25) is 5.91 Å². The minimum Gasteiger partial charge on any atom is -0.447 e. The summed E-state index contributed by atoms with van der Waals surface area (Å²) in [5.41, 5.74) is 0.206. The number of rotatable bonds is 2. The lowest BCUT2D eigenvalue weighted by molar-refractivity contribution is -0.132. The maximum Gasteiger partial charge on any atom is 0.416 e. The zero-order valence-corrected chi connectivity index (χ0v) is 16.2. The van der Waals surface area contributed by atoms with E-state index in [0.29, 0.717) is 6.42 Å². The zero-order chi connectivity index (χ0) is 19.8. The van der Waals surface area contributed by atoms with Gasteiger partial charge in [-0.3, -0.25) is 9.69 Å². The van der Waals surface area contributed by atoms with Crippen LogP contribution >= 0.6 is 0 Å². The predicted octanol–water partition coefficient (Wildman–Crippen LogP) is 3.35. The zero-order valence-electron chi connectivity index (χ0n) is 16.2. The highest BCUT2D eigenvalue weighted by Crippen LogP contribution is 2.43. The van der Waals surface area contributed by atoms with E-state index in [9.17, 15) is 14.4 Å². The second kappa shape index (κ2) is 7.21. The number of amides is 3. The Balaban J connectivity index is 1.95. The molecule has 7 heteroatoms. The van der Waals surface area contributed by atoms with E-state index in [2.05, 4.69) is 0 Å². The van der Waals surface area contributed by atoms with Crippen molar-refractivity contribution in [3.8, 4) is 0 Å². The molecule has 0 radical (unpaired) electrons. The normalized spacial score (nSPS) is 25.5. The highest BCUT2D eigenvalue weighted by Gasteiger charge is 2.49. The lowest BCUT2D eigenvalue weighted by Crippen LogP contribution is -2.43. The third-order valence-electron chi connectivity index (χ3n) is 4.84. The Morgan fingerprint density at radius 1 is 1.19 bits per heavy atom. The minimum atomic E-state index is -0.640. The van der Waals surface area contributed by atoms with Crippen molar-refractivity contribution in [3.05, 3.63) is 35.9 Å². The number of likely N-dealkylation sites (tertiary alicyclic amines) is 1. The van der Waals surface area contributed by atoms with Gasteiger partial charge in [-0.25, -0.2) is 14.5 Å². The minimum absolute atomic E-state index is 0.197. The average molecular weight is 374 g/mol. The van der Waals surface area contributed by atoms with Crippen molar-refractivity contribution in [2.75, 3.05) is 13.2 Å². The summed E-state index contributed by atoms with van der Waals surface area (Å²) < 4.78 is 10.5. The SMILES string of the molecule is C[C@@H]1C[C@H](C(=O)N2CCOC2=O)[C@H](c2ccccc2)N1C(=O)OC(C)(C)C. The van der Waals surface area contributed by atoms with Crippen LogP contribution in [-0.4, -0.2) is 52.7 Å². The second-order valence-electron chi connectivity index (χ2n) is 8.04. The molecule has 0 spiro atoms. The van der Waals surface area contributed by atoms with Crippen LogP contribution in [0.3, 0.4) is 0 Å². The molecule has 1 aromatic rings. The molecule has 2 saturated heterocycles. The molecule has 0 unspecified atom stereocenters. The van der Waals surface area contributed by atoms with Gasteiger partial charge in [0, 0.05) is 6.04 Å². The Hall–Kier alpha value is -2.57. The van der Waals surface area contributed by atoms with Gasteiger partial charge in [-0.2, -0.15) is 0 Å². The van der Waals surface area contributed by atoms with Crippen LogP contribution in [0.4, 0.5) is 9.59 Å². The fourth-order valence-corrected chi connectivity index (χ4v) is 3.76. The molecule has 0 bridgehead atoms. The molecule has 2 aliphatic heterocycles. The number of carbonyl (C=O) groups is 3. The summed E-state index contributed by atoms with van der Waals surface area (Å²) >= 11 is 0. The standard InChI is InChI=1S/C20H26N2O5/c1-13-12-15(17(23)21-10-11-26-18(21)24)16(14-8-6-5-7-9-14)22(13)19(25)27-20(2,3)4/h5-9,13,15-16H,10-12H2,1-4H3/t13-,15+,16+/m1/s1. The number of cyclic esters (lactones) is 1. The molecule has 3 amide bonds. The Bertz CT molecular complexity index is 728. The first-order valence-corrected chi connectivity index (χ1v) is 9.23. The summed E-state index contributed by atoms with van der Waals surface area (Å²) in [7, 11) is 0. The molecule has 0 N–H and O–H groups in total. The van der Waals surface area contributed by atoms with Crippen LogP contribution in [0.2, 0.25) is 0 Å². The van der Waals surface area contributed by atoms with Gasteiger partial charge in [-0.1, -0.05) is 30.3 Å². The summed E-state index contributed by atoms with van der Waals surface area (Å²) in [5, 5.41) is 0. The Morgan fingerprint density at radius 3 is 2.41 bits per heavy atom. The summed E-state index contributed by atoms with van der Waals surface area (Å²) in [6.45, 7) is 7.79.